The van der Waals surface area contributed by atoms with Crippen LogP contribution >= 0.6 is 11.3 Å². The molecule has 1 saturated carbocycles. The van der Waals surface area contributed by atoms with Gasteiger partial charge in [-0.2, -0.15) is 13.2 Å². The molecule has 0 unspecified atom stereocenters. The average Bonchev–Trinajstić information content (AvgIpc) is 3.10. The number of hydrogen-bond donors (Lipinski definition) is 2. The molecule has 2 aromatic heterocycles. The molecule has 0 saturated heterocycles. The summed E-state index contributed by atoms with van der Waals surface area (Å²) in [5, 5.41) is 6.75. The van der Waals surface area contributed by atoms with E-state index >= 15 is 0 Å². The van der Waals surface area contributed by atoms with Crippen molar-refractivity contribution in [2.45, 2.75) is 70.3 Å². The highest BCUT2D eigenvalue weighted by Crippen LogP contribution is 2.33. The van der Waals surface area contributed by atoms with Crippen molar-refractivity contribution in [1.82, 2.24) is 15.3 Å². The smallest absolute Gasteiger partial charge is 0.407 e. The molecule has 2 N–H and O–H groups in total. The number of nitrogens with one attached hydrogen (secondary N) is 2. The van der Waals surface area contributed by atoms with Crippen LogP contribution in [0.4, 0.5) is 23.8 Å². The maximum Gasteiger partial charge on any atom is 0.407 e. The predicted molar refractivity (Wildman–Crippen MR) is 102 cm³/mol. The molecule has 2 atom stereocenters. The van der Waals surface area contributed by atoms with E-state index in [1.54, 1.807) is 20.8 Å². The van der Waals surface area contributed by atoms with Gasteiger partial charge >= 0.3 is 12.3 Å². The first kappa shape index (κ1) is 20.6. The molecule has 0 bridgehead atoms. The highest BCUT2D eigenvalue weighted by atomic mass is 32.1. The van der Waals surface area contributed by atoms with Crippen molar-refractivity contribution in [2.75, 3.05) is 5.32 Å². The van der Waals surface area contributed by atoms with Gasteiger partial charge in [-0.3, -0.25) is 0 Å². The van der Waals surface area contributed by atoms with Crippen LogP contribution in [0.3, 0.4) is 0 Å². The lowest BCUT2D eigenvalue weighted by atomic mass is 10.2. The highest BCUT2D eigenvalue weighted by Gasteiger charge is 2.30. The van der Waals surface area contributed by atoms with Crippen molar-refractivity contribution in [3.63, 3.8) is 0 Å². The van der Waals surface area contributed by atoms with Crippen LogP contribution in [0.25, 0.3) is 10.2 Å². The van der Waals surface area contributed by atoms with Crippen molar-refractivity contribution in [2.24, 2.45) is 0 Å². The Bertz CT molecular complexity index is 847. The number of hydrogen-bond acceptors (Lipinski definition) is 6. The number of thiophene rings is 1. The number of alkyl carbamates (subject to hydrolysis) is 1. The summed E-state index contributed by atoms with van der Waals surface area (Å²) in [5.74, 6) is 0.526. The second kappa shape index (κ2) is 7.73. The molecular weight excluding hydrogens is 393 g/mol. The average molecular weight is 416 g/mol. The first-order valence-corrected chi connectivity index (χ1v) is 9.86. The van der Waals surface area contributed by atoms with E-state index in [2.05, 4.69) is 20.6 Å². The summed E-state index contributed by atoms with van der Waals surface area (Å²) in [6.45, 7) is 5.42. The van der Waals surface area contributed by atoms with E-state index in [9.17, 15) is 18.0 Å². The van der Waals surface area contributed by atoms with Crippen molar-refractivity contribution in [3.05, 3.63) is 17.3 Å². The lowest BCUT2D eigenvalue weighted by Gasteiger charge is -2.22. The van der Waals surface area contributed by atoms with Gasteiger partial charge in [-0.15, -0.1) is 11.3 Å². The fourth-order valence-electron chi connectivity index (χ4n) is 3.22. The number of nitrogens with zero attached hydrogens (tertiary/aromatic N) is 2. The summed E-state index contributed by atoms with van der Waals surface area (Å²) in [5.41, 5.74) is -0.556. The van der Waals surface area contributed by atoms with Crippen molar-refractivity contribution < 1.29 is 22.7 Å². The summed E-state index contributed by atoms with van der Waals surface area (Å²) in [7, 11) is 0. The topological polar surface area (TPSA) is 76.1 Å². The number of halogens is 3. The van der Waals surface area contributed by atoms with Crippen LogP contribution in [0.1, 0.15) is 44.9 Å². The summed E-state index contributed by atoms with van der Waals surface area (Å²) < 4.78 is 43.2. The van der Waals surface area contributed by atoms with Gasteiger partial charge in [-0.1, -0.05) is 0 Å². The van der Waals surface area contributed by atoms with Gasteiger partial charge in [0, 0.05) is 17.0 Å². The number of ether oxygens (including phenoxy) is 1. The number of carbonyl (C=O) groups is 1. The molecule has 0 aliphatic heterocycles. The number of fused-ring (bicyclic) bond motifs is 1. The summed E-state index contributed by atoms with van der Waals surface area (Å²) in [6.07, 6.45) is -2.04. The summed E-state index contributed by atoms with van der Waals surface area (Å²) >= 11 is 1.03. The third kappa shape index (κ3) is 5.70. The molecule has 10 heteroatoms. The fourth-order valence-corrected chi connectivity index (χ4v) is 4.24. The Kier molecular flexibility index (Phi) is 5.69. The Morgan fingerprint density at radius 3 is 2.64 bits per heavy atom. The molecule has 1 amide bonds. The zero-order chi connectivity index (χ0) is 20.5. The summed E-state index contributed by atoms with van der Waals surface area (Å²) in [4.78, 5) is 20.9. The number of amides is 1. The molecule has 1 fully saturated rings. The fraction of sp³-hybridized carbons (Fsp3) is 0.611. The van der Waals surface area contributed by atoms with Crippen LogP contribution in [0.5, 0.6) is 0 Å². The highest BCUT2D eigenvalue weighted by molar-refractivity contribution is 7.18. The third-order valence-electron chi connectivity index (χ3n) is 4.25. The van der Waals surface area contributed by atoms with Gasteiger partial charge in [0.15, 0.2) is 0 Å². The lowest BCUT2D eigenvalue weighted by Crippen LogP contribution is -2.38. The molecule has 0 aromatic carbocycles. The minimum Gasteiger partial charge on any atom is -0.444 e. The van der Waals surface area contributed by atoms with Crippen molar-refractivity contribution in [3.8, 4) is 0 Å². The largest absolute Gasteiger partial charge is 0.444 e. The monoisotopic (exact) mass is 416 g/mol. The maximum atomic E-state index is 12.7. The third-order valence-corrected chi connectivity index (χ3v) is 5.29. The van der Waals surface area contributed by atoms with E-state index < -0.39 is 24.3 Å². The number of carbonyl (C=O) groups excluding carboxylic acids is 1. The SMILES string of the molecule is CC(C)(C)OC(=O)N[C@@H]1CC[C@@H](Nc2ncnc3sc(CC(F)(F)F)cc23)C1. The quantitative estimate of drug-likeness (QED) is 0.759. The van der Waals surface area contributed by atoms with Gasteiger partial charge < -0.3 is 15.4 Å². The van der Waals surface area contributed by atoms with Gasteiger partial charge in [-0.25, -0.2) is 14.8 Å². The Morgan fingerprint density at radius 2 is 1.96 bits per heavy atom. The summed E-state index contributed by atoms with van der Waals surface area (Å²) in [6, 6.07) is 1.54. The first-order chi connectivity index (χ1) is 13.0. The molecule has 0 spiro atoms. The van der Waals surface area contributed by atoms with Crippen LogP contribution in [0.15, 0.2) is 12.4 Å². The van der Waals surface area contributed by atoms with Gasteiger partial charge in [0.1, 0.15) is 22.6 Å². The Hall–Kier alpha value is -2.10. The van der Waals surface area contributed by atoms with E-state index in [1.165, 1.54) is 12.4 Å². The Labute approximate surface area is 164 Å². The molecular formula is C18H23F3N4O2S. The molecule has 28 heavy (non-hydrogen) atoms. The van der Waals surface area contributed by atoms with Crippen LogP contribution in [0.2, 0.25) is 0 Å². The van der Waals surface area contributed by atoms with E-state index in [-0.39, 0.29) is 17.0 Å². The molecule has 2 aromatic rings. The second-order valence-electron chi connectivity index (χ2n) is 7.94. The van der Waals surface area contributed by atoms with Gasteiger partial charge in [0.05, 0.1) is 11.8 Å². The molecule has 154 valence electrons. The first-order valence-electron chi connectivity index (χ1n) is 9.05. The number of rotatable bonds is 4. The number of anilines is 1. The van der Waals surface area contributed by atoms with Crippen molar-refractivity contribution in [1.29, 1.82) is 0 Å². The van der Waals surface area contributed by atoms with Crippen LogP contribution in [-0.4, -0.2) is 39.9 Å². The van der Waals surface area contributed by atoms with Crippen LogP contribution in [-0.2, 0) is 11.2 Å². The minimum atomic E-state index is -4.26. The molecule has 2 heterocycles. The van der Waals surface area contributed by atoms with E-state index in [0.717, 1.165) is 24.2 Å². The zero-order valence-electron chi connectivity index (χ0n) is 15.9. The van der Waals surface area contributed by atoms with E-state index in [1.807, 2.05) is 0 Å². The molecule has 1 aliphatic carbocycles. The second-order valence-corrected chi connectivity index (χ2v) is 9.06. The number of aromatic nitrogens is 2. The standard InChI is InChI=1S/C18H23F3N4O2S/c1-17(2,3)27-16(26)25-11-5-4-10(6-11)24-14-13-7-12(8-18(19,20)21)28-15(13)23-9-22-14/h7,9-11H,4-6,8H2,1-3H3,(H,25,26)(H,22,23,24)/t10-,11-/m1/s1. The van der Waals surface area contributed by atoms with Crippen LogP contribution < -0.4 is 10.6 Å². The molecule has 6 nitrogen and oxygen atoms in total. The predicted octanol–water partition coefficient (Wildman–Crippen LogP) is 4.65. The van der Waals surface area contributed by atoms with Gasteiger partial charge in [-0.05, 0) is 46.1 Å². The van der Waals surface area contributed by atoms with Crippen LogP contribution in [0, 0.1) is 0 Å². The van der Waals surface area contributed by atoms with Crippen molar-refractivity contribution >= 4 is 33.5 Å². The van der Waals surface area contributed by atoms with E-state index in [0.29, 0.717) is 22.5 Å². The van der Waals surface area contributed by atoms with Gasteiger partial charge in [0.25, 0.3) is 0 Å². The van der Waals surface area contributed by atoms with Gasteiger partial charge in [0.2, 0.25) is 0 Å². The number of alkyl halides is 3. The minimum absolute atomic E-state index is 0.0204. The molecule has 3 rings (SSSR count). The Morgan fingerprint density at radius 1 is 1.25 bits per heavy atom. The normalized spacial score (nSPS) is 20.4. The molecule has 0 radical (unpaired) electrons. The van der Waals surface area contributed by atoms with E-state index in [4.69, 9.17) is 4.74 Å². The lowest BCUT2D eigenvalue weighted by molar-refractivity contribution is -0.126. The maximum absolute atomic E-state index is 12.7. The zero-order valence-corrected chi connectivity index (χ0v) is 16.7. The molecule has 1 aliphatic rings. The Balaban J connectivity index is 1.63.